The number of aromatic nitrogens is 2. The molecule has 1 aromatic carbocycles. The molecular weight excluding hydrogens is 242 g/mol. The van der Waals surface area contributed by atoms with Crippen molar-refractivity contribution in [3.63, 3.8) is 0 Å². The highest BCUT2D eigenvalue weighted by molar-refractivity contribution is 5.79. The Morgan fingerprint density at radius 3 is 3.21 bits per heavy atom. The highest BCUT2D eigenvalue weighted by atomic mass is 16.2. The van der Waals surface area contributed by atoms with Crippen LogP contribution in [0.3, 0.4) is 0 Å². The fourth-order valence-corrected chi connectivity index (χ4v) is 2.42. The van der Waals surface area contributed by atoms with Crippen LogP contribution in [0.1, 0.15) is 18.0 Å². The van der Waals surface area contributed by atoms with Crippen molar-refractivity contribution in [3.8, 4) is 0 Å². The second-order valence-corrected chi connectivity index (χ2v) is 4.77. The van der Waals surface area contributed by atoms with Crippen LogP contribution < -0.4 is 11.1 Å². The molecule has 6 nitrogen and oxygen atoms in total. The Morgan fingerprint density at radius 1 is 1.47 bits per heavy atom. The van der Waals surface area contributed by atoms with Crippen LogP contribution in [0.25, 0.3) is 11.0 Å². The Bertz CT molecular complexity index is 593. The number of fused-ring (bicyclic) bond motifs is 1. The number of nitrogens with one attached hydrogen (secondary N) is 2. The van der Waals surface area contributed by atoms with E-state index in [0.29, 0.717) is 19.6 Å². The lowest BCUT2D eigenvalue weighted by atomic mass is 10.1. The predicted molar refractivity (Wildman–Crippen MR) is 72.6 cm³/mol. The largest absolute Gasteiger partial charge is 0.345 e. The topological polar surface area (TPSA) is 87.0 Å². The maximum Gasteiger partial charge on any atom is 0.318 e. The lowest BCUT2D eigenvalue weighted by Crippen LogP contribution is -2.30. The molecule has 0 aliphatic carbocycles. The monoisotopic (exact) mass is 259 g/mol. The zero-order valence-corrected chi connectivity index (χ0v) is 10.6. The Labute approximate surface area is 111 Å². The highest BCUT2D eigenvalue weighted by Gasteiger charge is 2.29. The number of hydrogen-bond acceptors (Lipinski definition) is 3. The highest BCUT2D eigenvalue weighted by Crippen LogP contribution is 2.23. The first-order valence-corrected chi connectivity index (χ1v) is 6.46. The van der Waals surface area contributed by atoms with Gasteiger partial charge in [-0.1, -0.05) is 6.07 Å². The maximum atomic E-state index is 11.8. The first kappa shape index (κ1) is 12.0. The summed E-state index contributed by atoms with van der Waals surface area (Å²) >= 11 is 0. The normalized spacial score (nSPS) is 19.1. The summed E-state index contributed by atoms with van der Waals surface area (Å²) in [6.45, 7) is 2.01. The van der Waals surface area contributed by atoms with Crippen LogP contribution in [-0.4, -0.2) is 40.5 Å². The molecule has 2 heterocycles. The van der Waals surface area contributed by atoms with E-state index in [4.69, 9.17) is 5.73 Å². The van der Waals surface area contributed by atoms with E-state index in [0.717, 1.165) is 23.0 Å². The second kappa shape index (κ2) is 4.89. The van der Waals surface area contributed by atoms with Crippen LogP contribution in [0.5, 0.6) is 0 Å². The minimum absolute atomic E-state index is 0.0110. The number of imidazole rings is 1. The molecule has 6 heteroatoms. The SMILES string of the molecule is NCCCN1CC(c2ccc3nc[nH]c3c2)NC1=O. The fourth-order valence-electron chi connectivity index (χ4n) is 2.42. The van der Waals surface area contributed by atoms with E-state index in [1.165, 1.54) is 0 Å². The summed E-state index contributed by atoms with van der Waals surface area (Å²) in [5.41, 5.74) is 8.51. The molecule has 0 radical (unpaired) electrons. The molecule has 0 bridgehead atoms. The molecule has 19 heavy (non-hydrogen) atoms. The molecule has 1 fully saturated rings. The minimum Gasteiger partial charge on any atom is -0.345 e. The standard InChI is InChI=1S/C13H17N5O/c14-4-1-5-18-7-12(17-13(18)19)9-2-3-10-11(6-9)16-8-15-10/h2-3,6,8,12H,1,4-5,7,14H2,(H,15,16)(H,17,19). The van der Waals surface area contributed by atoms with E-state index in [9.17, 15) is 4.79 Å². The summed E-state index contributed by atoms with van der Waals surface area (Å²) in [5, 5.41) is 3.00. The zero-order valence-electron chi connectivity index (χ0n) is 10.6. The number of hydrogen-bond donors (Lipinski definition) is 3. The summed E-state index contributed by atoms with van der Waals surface area (Å²) in [5.74, 6) is 0. The molecule has 100 valence electrons. The minimum atomic E-state index is -0.0110. The van der Waals surface area contributed by atoms with E-state index in [1.54, 1.807) is 6.33 Å². The average Bonchev–Trinajstić information content (AvgIpc) is 3.02. The van der Waals surface area contributed by atoms with Gasteiger partial charge in [-0.3, -0.25) is 0 Å². The fraction of sp³-hybridized carbons (Fsp3) is 0.385. The molecule has 3 rings (SSSR count). The van der Waals surface area contributed by atoms with Gasteiger partial charge in [0.25, 0.3) is 0 Å². The first-order chi connectivity index (χ1) is 9.28. The van der Waals surface area contributed by atoms with Crippen LogP contribution >= 0.6 is 0 Å². The molecule has 2 aromatic rings. The number of aromatic amines is 1. The van der Waals surface area contributed by atoms with Crippen molar-refractivity contribution in [1.29, 1.82) is 0 Å². The smallest absolute Gasteiger partial charge is 0.318 e. The summed E-state index contributed by atoms with van der Waals surface area (Å²) in [6.07, 6.45) is 2.51. The number of nitrogens with zero attached hydrogens (tertiary/aromatic N) is 2. The number of rotatable bonds is 4. The van der Waals surface area contributed by atoms with Crippen molar-refractivity contribution in [1.82, 2.24) is 20.2 Å². The van der Waals surface area contributed by atoms with Crippen molar-refractivity contribution in [2.45, 2.75) is 12.5 Å². The predicted octanol–water partition coefficient (Wildman–Crippen LogP) is 0.978. The molecule has 1 aliphatic rings. The number of urea groups is 1. The molecule has 1 unspecified atom stereocenters. The Hall–Kier alpha value is -2.08. The van der Waals surface area contributed by atoms with Gasteiger partial charge in [0.1, 0.15) is 0 Å². The van der Waals surface area contributed by atoms with Crippen molar-refractivity contribution in [2.75, 3.05) is 19.6 Å². The van der Waals surface area contributed by atoms with E-state index < -0.39 is 0 Å². The van der Waals surface area contributed by atoms with Crippen LogP contribution in [-0.2, 0) is 0 Å². The van der Waals surface area contributed by atoms with Gasteiger partial charge in [-0.2, -0.15) is 0 Å². The van der Waals surface area contributed by atoms with E-state index >= 15 is 0 Å². The number of carbonyl (C=O) groups is 1. The lowest BCUT2D eigenvalue weighted by molar-refractivity contribution is 0.217. The summed E-state index contributed by atoms with van der Waals surface area (Å²) in [4.78, 5) is 20.9. The molecule has 1 aromatic heterocycles. The number of benzene rings is 1. The summed E-state index contributed by atoms with van der Waals surface area (Å²) < 4.78 is 0. The number of amides is 2. The third-order valence-electron chi connectivity index (χ3n) is 3.47. The van der Waals surface area contributed by atoms with Gasteiger partial charge in [0.15, 0.2) is 0 Å². The molecule has 4 N–H and O–H groups in total. The number of carbonyl (C=O) groups excluding carboxylic acids is 1. The van der Waals surface area contributed by atoms with Crippen molar-refractivity contribution >= 4 is 17.1 Å². The van der Waals surface area contributed by atoms with Gasteiger partial charge in [0, 0.05) is 13.1 Å². The van der Waals surface area contributed by atoms with Gasteiger partial charge in [0.05, 0.1) is 23.4 Å². The third kappa shape index (κ3) is 2.26. The van der Waals surface area contributed by atoms with Crippen LogP contribution in [0.15, 0.2) is 24.5 Å². The summed E-state index contributed by atoms with van der Waals surface area (Å²) in [7, 11) is 0. The molecule has 2 amide bonds. The molecule has 1 saturated heterocycles. The first-order valence-electron chi connectivity index (χ1n) is 6.46. The van der Waals surface area contributed by atoms with Crippen molar-refractivity contribution < 1.29 is 4.79 Å². The Balaban J connectivity index is 1.77. The van der Waals surface area contributed by atoms with E-state index in [1.807, 2.05) is 23.1 Å². The van der Waals surface area contributed by atoms with E-state index in [2.05, 4.69) is 15.3 Å². The van der Waals surface area contributed by atoms with Gasteiger partial charge < -0.3 is 20.9 Å². The molecule has 1 atom stereocenters. The second-order valence-electron chi connectivity index (χ2n) is 4.77. The van der Waals surface area contributed by atoms with Gasteiger partial charge >= 0.3 is 6.03 Å². The lowest BCUT2D eigenvalue weighted by Gasteiger charge is -2.13. The Morgan fingerprint density at radius 2 is 2.37 bits per heavy atom. The number of H-pyrrole nitrogens is 1. The number of nitrogens with two attached hydrogens (primary N) is 1. The van der Waals surface area contributed by atoms with Crippen molar-refractivity contribution in [3.05, 3.63) is 30.1 Å². The van der Waals surface area contributed by atoms with E-state index in [-0.39, 0.29) is 12.1 Å². The van der Waals surface area contributed by atoms with Gasteiger partial charge in [-0.05, 0) is 30.7 Å². The molecule has 0 spiro atoms. The molecular formula is C13H17N5O. The zero-order chi connectivity index (χ0) is 13.2. The molecule has 0 saturated carbocycles. The quantitative estimate of drug-likeness (QED) is 0.764. The molecule has 1 aliphatic heterocycles. The van der Waals surface area contributed by atoms with Gasteiger partial charge in [-0.25, -0.2) is 9.78 Å². The Kier molecular flexibility index (Phi) is 3.08. The van der Waals surface area contributed by atoms with Crippen LogP contribution in [0.4, 0.5) is 4.79 Å². The van der Waals surface area contributed by atoms with Crippen LogP contribution in [0.2, 0.25) is 0 Å². The van der Waals surface area contributed by atoms with Gasteiger partial charge in [-0.15, -0.1) is 0 Å². The van der Waals surface area contributed by atoms with Gasteiger partial charge in [0.2, 0.25) is 0 Å². The summed E-state index contributed by atoms with van der Waals surface area (Å²) in [6, 6.07) is 6.05. The maximum absolute atomic E-state index is 11.8. The van der Waals surface area contributed by atoms with Crippen LogP contribution in [0, 0.1) is 0 Å². The van der Waals surface area contributed by atoms with Crippen molar-refractivity contribution in [2.24, 2.45) is 5.73 Å². The average molecular weight is 259 g/mol. The third-order valence-corrected chi connectivity index (χ3v) is 3.47.